The van der Waals surface area contributed by atoms with Crippen molar-refractivity contribution < 1.29 is 22.3 Å². The number of sulfonamides is 1. The van der Waals surface area contributed by atoms with Crippen LogP contribution in [0.5, 0.6) is 5.75 Å². The first-order valence-corrected chi connectivity index (χ1v) is 12.8. The van der Waals surface area contributed by atoms with Gasteiger partial charge in [0.05, 0.1) is 18.4 Å². The van der Waals surface area contributed by atoms with Gasteiger partial charge in [0, 0.05) is 23.8 Å². The number of rotatable bonds is 6. The van der Waals surface area contributed by atoms with E-state index in [1.807, 2.05) is 23.5 Å². The molecule has 0 spiro atoms. The lowest BCUT2D eigenvalue weighted by Gasteiger charge is -2.34. The predicted molar refractivity (Wildman–Crippen MR) is 133 cm³/mol. The smallest absolute Gasteiger partial charge is 0.269 e. The number of aromatic amines is 1. The zero-order valence-electron chi connectivity index (χ0n) is 20.3. The van der Waals surface area contributed by atoms with Gasteiger partial charge in [0.15, 0.2) is 4.90 Å². The highest BCUT2D eigenvalue weighted by molar-refractivity contribution is 7.90. The van der Waals surface area contributed by atoms with Gasteiger partial charge >= 0.3 is 0 Å². The predicted octanol–water partition coefficient (Wildman–Crippen LogP) is 3.33. The maximum atomic E-state index is 14.1. The molecule has 0 bridgehead atoms. The molecule has 1 fully saturated rings. The van der Waals surface area contributed by atoms with Gasteiger partial charge in [-0.25, -0.2) is 22.5 Å². The van der Waals surface area contributed by atoms with Gasteiger partial charge in [-0.15, -0.1) is 0 Å². The average molecular weight is 515 g/mol. The molecule has 2 aromatic heterocycles. The van der Waals surface area contributed by atoms with Crippen LogP contribution in [-0.2, 0) is 10.0 Å². The van der Waals surface area contributed by atoms with Gasteiger partial charge in [-0.3, -0.25) is 9.59 Å². The van der Waals surface area contributed by atoms with Crippen LogP contribution in [0.25, 0.3) is 11.3 Å². The van der Waals surface area contributed by atoms with E-state index < -0.39 is 32.2 Å². The van der Waals surface area contributed by atoms with E-state index in [2.05, 4.69) is 11.9 Å². The summed E-state index contributed by atoms with van der Waals surface area (Å²) < 4.78 is 47.1. The largest absolute Gasteiger partial charge is 0.496 e. The number of hydrogen-bond acceptors (Lipinski definition) is 7. The Morgan fingerprint density at radius 1 is 1.25 bits per heavy atom. The Morgan fingerprint density at radius 2 is 2.00 bits per heavy atom. The van der Waals surface area contributed by atoms with E-state index in [4.69, 9.17) is 9.72 Å². The number of nitrogens with one attached hydrogen (secondary N) is 2. The Kier molecular flexibility index (Phi) is 6.61. The molecule has 11 heteroatoms. The molecule has 190 valence electrons. The van der Waals surface area contributed by atoms with Crippen LogP contribution >= 0.6 is 0 Å². The van der Waals surface area contributed by atoms with E-state index in [1.165, 1.54) is 49.7 Å². The normalized spacial score (nSPS) is 17.1. The average Bonchev–Trinajstić information content (AvgIpc) is 3.10. The second-order valence-corrected chi connectivity index (χ2v) is 11.1. The monoisotopic (exact) mass is 514 g/mol. The lowest BCUT2D eigenvalue weighted by molar-refractivity contribution is 0.0981. The highest BCUT2D eigenvalue weighted by Crippen LogP contribution is 2.39. The quantitative estimate of drug-likeness (QED) is 0.518. The Hall–Kier alpha value is -3.73. The van der Waals surface area contributed by atoms with E-state index in [-0.39, 0.29) is 22.8 Å². The molecule has 2 N–H and O–H groups in total. The number of H-pyrrole nitrogens is 1. The minimum atomic E-state index is -4.46. The van der Waals surface area contributed by atoms with Crippen molar-refractivity contribution in [2.75, 3.05) is 18.6 Å². The van der Waals surface area contributed by atoms with Crippen molar-refractivity contribution >= 4 is 21.7 Å². The van der Waals surface area contributed by atoms with Gasteiger partial charge in [-0.2, -0.15) is 0 Å². The third-order valence-corrected chi connectivity index (χ3v) is 7.54. The van der Waals surface area contributed by atoms with Crippen LogP contribution in [0.3, 0.4) is 0 Å². The van der Waals surface area contributed by atoms with Crippen molar-refractivity contribution in [2.45, 2.75) is 37.6 Å². The zero-order valence-corrected chi connectivity index (χ0v) is 21.1. The molecule has 1 aromatic carbocycles. The number of carbonyl (C=O) groups excluding carboxylic acids is 1. The number of hydrogen-bond donors (Lipinski definition) is 2. The third kappa shape index (κ3) is 4.83. The van der Waals surface area contributed by atoms with Gasteiger partial charge in [0.25, 0.3) is 21.5 Å². The SMILES string of the molecule is COc1ccc(F)cc1-c1ccc(C(=O)NS(=O)(=O)c2ccc[nH]c2=O)c(N2C[C@@H](C)CC2(C)C)n1. The first kappa shape index (κ1) is 25.4. The molecule has 0 saturated carbocycles. The molecule has 1 aliphatic heterocycles. The zero-order chi connectivity index (χ0) is 26.3. The summed E-state index contributed by atoms with van der Waals surface area (Å²) in [5.41, 5.74) is -0.483. The minimum Gasteiger partial charge on any atom is -0.496 e. The van der Waals surface area contributed by atoms with Gasteiger partial charge in [-0.05, 0) is 68.7 Å². The van der Waals surface area contributed by atoms with Crippen LogP contribution in [-0.4, -0.2) is 43.5 Å². The summed E-state index contributed by atoms with van der Waals surface area (Å²) in [6.07, 6.45) is 2.11. The number of nitrogens with zero attached hydrogens (tertiary/aromatic N) is 2. The number of methoxy groups -OCH3 is 1. The Morgan fingerprint density at radius 3 is 2.64 bits per heavy atom. The summed E-state index contributed by atoms with van der Waals surface area (Å²) in [6, 6.07) is 9.45. The number of amides is 1. The Bertz CT molecular complexity index is 1490. The topological polar surface area (TPSA) is 121 Å². The van der Waals surface area contributed by atoms with Crippen molar-refractivity contribution in [3.63, 3.8) is 0 Å². The number of benzene rings is 1. The molecule has 0 aliphatic carbocycles. The molecule has 1 atom stereocenters. The molecule has 4 rings (SSSR count). The highest BCUT2D eigenvalue weighted by Gasteiger charge is 2.39. The maximum absolute atomic E-state index is 14.1. The molecule has 1 saturated heterocycles. The fourth-order valence-corrected chi connectivity index (χ4v) is 5.70. The lowest BCUT2D eigenvalue weighted by atomic mass is 9.97. The lowest BCUT2D eigenvalue weighted by Crippen LogP contribution is -2.41. The van der Waals surface area contributed by atoms with Crippen LogP contribution in [0.2, 0.25) is 0 Å². The molecule has 0 radical (unpaired) electrons. The van der Waals surface area contributed by atoms with Crippen molar-refractivity contribution in [1.82, 2.24) is 14.7 Å². The third-order valence-electron chi connectivity index (χ3n) is 6.18. The van der Waals surface area contributed by atoms with Gasteiger partial charge < -0.3 is 14.6 Å². The van der Waals surface area contributed by atoms with E-state index in [0.717, 1.165) is 12.5 Å². The van der Waals surface area contributed by atoms with Crippen molar-refractivity contribution in [2.24, 2.45) is 5.92 Å². The molecule has 0 unspecified atom stereocenters. The summed E-state index contributed by atoms with van der Waals surface area (Å²) in [4.78, 5) is 33.7. The molecule has 9 nitrogen and oxygen atoms in total. The fourth-order valence-electron chi connectivity index (χ4n) is 4.67. The minimum absolute atomic E-state index is 0.00669. The number of carbonyl (C=O) groups is 1. The van der Waals surface area contributed by atoms with Crippen molar-refractivity contribution in [1.29, 1.82) is 0 Å². The second kappa shape index (κ2) is 9.38. The van der Waals surface area contributed by atoms with Gasteiger partial charge in [0.2, 0.25) is 0 Å². The molecular weight excluding hydrogens is 487 g/mol. The van der Waals surface area contributed by atoms with Crippen LogP contribution in [0, 0.1) is 11.7 Å². The van der Waals surface area contributed by atoms with E-state index in [9.17, 15) is 22.4 Å². The van der Waals surface area contributed by atoms with Crippen molar-refractivity contribution in [3.8, 4) is 17.0 Å². The van der Waals surface area contributed by atoms with Crippen LogP contribution in [0.15, 0.2) is 58.4 Å². The summed E-state index contributed by atoms with van der Waals surface area (Å²) in [5, 5.41) is 0. The van der Waals surface area contributed by atoms with Gasteiger partial charge in [-0.1, -0.05) is 6.92 Å². The van der Waals surface area contributed by atoms with Crippen molar-refractivity contribution in [3.05, 3.63) is 70.4 Å². The second-order valence-electron chi connectivity index (χ2n) is 9.44. The van der Waals surface area contributed by atoms with Crippen LogP contribution in [0.4, 0.5) is 10.2 Å². The first-order valence-electron chi connectivity index (χ1n) is 11.3. The fraction of sp³-hybridized carbons (Fsp3) is 0.320. The molecule has 3 heterocycles. The number of halogens is 1. The van der Waals surface area contributed by atoms with E-state index in [1.54, 1.807) is 0 Å². The standard InChI is InChI=1S/C25H27FN4O5S/c1-15-13-25(2,3)30(14-15)22-17(23(31)29-36(33,34)21-6-5-11-27-24(21)32)8-9-19(28-22)18-12-16(26)7-10-20(18)35-4/h5-12,15H,13-14H2,1-4H3,(H,27,32)(H,29,31)/t15-/m0/s1. The van der Waals surface area contributed by atoms with Crippen LogP contribution < -0.4 is 19.9 Å². The number of pyridine rings is 2. The molecule has 1 aliphatic rings. The Labute approximate surface area is 208 Å². The van der Waals surface area contributed by atoms with Crippen LogP contribution in [0.1, 0.15) is 37.6 Å². The number of ether oxygens (including phenoxy) is 1. The van der Waals surface area contributed by atoms with E-state index in [0.29, 0.717) is 23.6 Å². The summed E-state index contributed by atoms with van der Waals surface area (Å²) in [7, 11) is -3.00. The number of anilines is 1. The first-order chi connectivity index (χ1) is 16.9. The van der Waals surface area contributed by atoms with E-state index >= 15 is 0 Å². The number of aromatic nitrogens is 2. The molecule has 1 amide bonds. The van der Waals surface area contributed by atoms with Gasteiger partial charge in [0.1, 0.15) is 17.4 Å². The summed E-state index contributed by atoms with van der Waals surface area (Å²) >= 11 is 0. The summed E-state index contributed by atoms with van der Waals surface area (Å²) in [6.45, 7) is 6.67. The molecule has 3 aromatic rings. The molecular formula is C25H27FN4O5S. The molecule has 36 heavy (non-hydrogen) atoms. The maximum Gasteiger partial charge on any atom is 0.269 e. The summed E-state index contributed by atoms with van der Waals surface area (Å²) in [5.74, 6) is -0.481. The highest BCUT2D eigenvalue weighted by atomic mass is 32.2. The Balaban J connectivity index is 1.83.